The number of rotatable bonds is 4. The lowest BCUT2D eigenvalue weighted by Gasteiger charge is -2.12. The minimum atomic E-state index is -1.37. The lowest BCUT2D eigenvalue weighted by Crippen LogP contribution is -2.27. The van der Waals surface area contributed by atoms with E-state index in [1.165, 1.54) is 0 Å². The average Bonchev–Trinajstić information content (AvgIpc) is 2.83. The largest absolute Gasteiger partial charge is 0.543 e. The van der Waals surface area contributed by atoms with Crippen molar-refractivity contribution >= 4 is 34.8 Å². The topological polar surface area (TPSA) is 62.1 Å². The van der Waals surface area contributed by atoms with E-state index in [0.717, 1.165) is 5.56 Å². The first-order valence-corrected chi connectivity index (χ1v) is 7.02. The maximum Gasteiger partial charge on any atom is 0.152 e. The lowest BCUT2D eigenvalue weighted by molar-refractivity contribution is -0.255. The Hall–Kier alpha value is -2.59. The third-order valence-corrected chi connectivity index (χ3v) is 3.83. The Morgan fingerprint density at radius 1 is 1.14 bits per heavy atom. The number of carbonyl (C=O) groups excluding carboxylic acids is 2. The van der Waals surface area contributed by atoms with Gasteiger partial charge in [-0.1, -0.05) is 41.9 Å². The lowest BCUT2D eigenvalue weighted by atomic mass is 10.1. The molecule has 0 atom stereocenters. The van der Waals surface area contributed by atoms with Crippen LogP contribution in [0, 0.1) is 0 Å². The molecule has 1 aromatic heterocycles. The Kier molecular flexibility index (Phi) is 3.69. The number of aromatic nitrogens is 1. The van der Waals surface area contributed by atoms with Gasteiger partial charge in [0, 0.05) is 28.0 Å². The highest BCUT2D eigenvalue weighted by Crippen LogP contribution is 2.26. The van der Waals surface area contributed by atoms with Crippen LogP contribution < -0.4 is 5.11 Å². The molecule has 0 aliphatic carbocycles. The number of aldehydes is 1. The molecule has 0 saturated heterocycles. The van der Waals surface area contributed by atoms with Crippen LogP contribution in [0.2, 0.25) is 5.02 Å². The number of hydrogen-bond acceptors (Lipinski definition) is 3. The normalized spacial score (nSPS) is 10.8. The fourth-order valence-corrected chi connectivity index (χ4v) is 2.73. The Morgan fingerprint density at radius 2 is 1.82 bits per heavy atom. The summed E-state index contributed by atoms with van der Waals surface area (Å²) in [6.07, 6.45) is 0.561. The first-order chi connectivity index (χ1) is 10.6. The van der Waals surface area contributed by atoms with Crippen LogP contribution in [0.25, 0.3) is 10.9 Å². The summed E-state index contributed by atoms with van der Waals surface area (Å²) in [5.41, 5.74) is 1.60. The van der Waals surface area contributed by atoms with E-state index in [1.54, 1.807) is 41.0 Å². The standard InChI is InChI=1S/C17H12ClNO3/c18-12-7-5-11(6-8-12)9-19-15-4-2-1-3-13(15)14(10-20)16(19)17(21)22/h1-8,10H,9H2,(H,21,22)/p-1. The molecule has 3 aromatic rings. The number of carboxylic acids is 1. The summed E-state index contributed by atoms with van der Waals surface area (Å²) in [6.45, 7) is 0.314. The fourth-order valence-electron chi connectivity index (χ4n) is 2.61. The zero-order valence-electron chi connectivity index (χ0n) is 11.5. The van der Waals surface area contributed by atoms with Crippen molar-refractivity contribution in [3.05, 3.63) is 70.4 Å². The molecule has 3 rings (SSSR count). The molecule has 0 aliphatic rings. The maximum atomic E-state index is 11.5. The van der Waals surface area contributed by atoms with E-state index in [9.17, 15) is 14.7 Å². The number of nitrogens with zero attached hydrogens (tertiary/aromatic N) is 1. The molecule has 5 heteroatoms. The summed E-state index contributed by atoms with van der Waals surface area (Å²) in [6, 6.07) is 14.2. The Bertz CT molecular complexity index is 865. The second-order valence-corrected chi connectivity index (χ2v) is 5.33. The molecule has 0 amide bonds. The predicted molar refractivity (Wildman–Crippen MR) is 82.2 cm³/mol. The van der Waals surface area contributed by atoms with E-state index < -0.39 is 5.97 Å². The van der Waals surface area contributed by atoms with Gasteiger partial charge in [-0.15, -0.1) is 0 Å². The smallest absolute Gasteiger partial charge is 0.152 e. The SMILES string of the molecule is O=Cc1c(C(=O)[O-])n(Cc2ccc(Cl)cc2)c2ccccc12. The monoisotopic (exact) mass is 312 g/mol. The quantitative estimate of drug-likeness (QED) is 0.695. The zero-order valence-corrected chi connectivity index (χ0v) is 12.2. The summed E-state index contributed by atoms with van der Waals surface area (Å²) in [5.74, 6) is -1.37. The van der Waals surface area contributed by atoms with Gasteiger partial charge in [0.2, 0.25) is 0 Å². The molecule has 0 unspecified atom stereocenters. The second kappa shape index (κ2) is 5.66. The van der Waals surface area contributed by atoms with Gasteiger partial charge in [0.05, 0.1) is 11.7 Å². The Morgan fingerprint density at radius 3 is 2.45 bits per heavy atom. The van der Waals surface area contributed by atoms with Crippen LogP contribution in [0.3, 0.4) is 0 Å². The van der Waals surface area contributed by atoms with Gasteiger partial charge in [-0.05, 0) is 23.8 Å². The number of aromatic carboxylic acids is 1. The van der Waals surface area contributed by atoms with Crippen LogP contribution in [0.15, 0.2) is 48.5 Å². The van der Waals surface area contributed by atoms with Gasteiger partial charge in [-0.3, -0.25) is 4.79 Å². The molecule has 22 heavy (non-hydrogen) atoms. The highest BCUT2D eigenvalue weighted by atomic mass is 35.5. The second-order valence-electron chi connectivity index (χ2n) is 4.90. The van der Waals surface area contributed by atoms with Gasteiger partial charge in [-0.2, -0.15) is 0 Å². The number of halogens is 1. The minimum absolute atomic E-state index is 0.105. The maximum absolute atomic E-state index is 11.5. The zero-order chi connectivity index (χ0) is 15.7. The van der Waals surface area contributed by atoms with Crippen molar-refractivity contribution in [1.82, 2.24) is 4.57 Å². The summed E-state index contributed by atoms with van der Waals surface area (Å²) in [7, 11) is 0. The summed E-state index contributed by atoms with van der Waals surface area (Å²) in [4.78, 5) is 22.8. The molecule has 2 aromatic carbocycles. The predicted octanol–water partition coefficient (Wildman–Crippen LogP) is 2.52. The highest BCUT2D eigenvalue weighted by molar-refractivity contribution is 6.30. The van der Waals surface area contributed by atoms with Crippen molar-refractivity contribution in [3.8, 4) is 0 Å². The first kappa shape index (κ1) is 14.4. The van der Waals surface area contributed by atoms with Crippen molar-refractivity contribution in [2.45, 2.75) is 6.54 Å². The van der Waals surface area contributed by atoms with Gasteiger partial charge >= 0.3 is 0 Å². The number of carboxylic acid groups (broad SMARTS) is 1. The van der Waals surface area contributed by atoms with Crippen molar-refractivity contribution in [2.75, 3.05) is 0 Å². The van der Waals surface area contributed by atoms with Crippen LogP contribution >= 0.6 is 11.6 Å². The van der Waals surface area contributed by atoms with E-state index >= 15 is 0 Å². The molecule has 0 spiro atoms. The summed E-state index contributed by atoms with van der Waals surface area (Å²) >= 11 is 5.86. The summed E-state index contributed by atoms with van der Waals surface area (Å²) < 4.78 is 1.58. The van der Waals surface area contributed by atoms with Crippen LogP contribution in [0.1, 0.15) is 26.4 Å². The molecule has 110 valence electrons. The molecular formula is C17H11ClNO3-. The molecule has 0 N–H and O–H groups in total. The molecule has 0 saturated carbocycles. The van der Waals surface area contributed by atoms with E-state index in [2.05, 4.69) is 0 Å². The molecular weight excluding hydrogens is 302 g/mol. The van der Waals surface area contributed by atoms with Crippen LogP contribution in [-0.4, -0.2) is 16.8 Å². The summed E-state index contributed by atoms with van der Waals surface area (Å²) in [5, 5.41) is 12.7. The van der Waals surface area contributed by atoms with E-state index in [-0.39, 0.29) is 11.3 Å². The highest BCUT2D eigenvalue weighted by Gasteiger charge is 2.17. The number of fused-ring (bicyclic) bond motifs is 1. The molecule has 0 radical (unpaired) electrons. The third-order valence-electron chi connectivity index (χ3n) is 3.58. The number of benzene rings is 2. The van der Waals surface area contributed by atoms with Crippen molar-refractivity contribution in [3.63, 3.8) is 0 Å². The number of para-hydroxylation sites is 1. The van der Waals surface area contributed by atoms with Gasteiger partial charge in [0.1, 0.15) is 0 Å². The number of hydrogen-bond donors (Lipinski definition) is 0. The fraction of sp³-hybridized carbons (Fsp3) is 0.0588. The molecule has 1 heterocycles. The third kappa shape index (κ3) is 2.38. The van der Waals surface area contributed by atoms with Crippen LogP contribution in [-0.2, 0) is 6.54 Å². The van der Waals surface area contributed by atoms with E-state index in [4.69, 9.17) is 11.6 Å². The molecule has 0 aliphatic heterocycles. The van der Waals surface area contributed by atoms with Gasteiger partial charge < -0.3 is 14.5 Å². The van der Waals surface area contributed by atoms with Crippen molar-refractivity contribution in [1.29, 1.82) is 0 Å². The van der Waals surface area contributed by atoms with E-state index in [1.807, 2.05) is 12.1 Å². The molecule has 0 fully saturated rings. The van der Waals surface area contributed by atoms with Crippen LogP contribution in [0.5, 0.6) is 0 Å². The first-order valence-electron chi connectivity index (χ1n) is 6.64. The van der Waals surface area contributed by atoms with Crippen LogP contribution in [0.4, 0.5) is 0 Å². The Balaban J connectivity index is 2.22. The van der Waals surface area contributed by atoms with Crippen molar-refractivity contribution in [2.24, 2.45) is 0 Å². The van der Waals surface area contributed by atoms with Crippen molar-refractivity contribution < 1.29 is 14.7 Å². The Labute approximate surface area is 131 Å². The van der Waals surface area contributed by atoms with Gasteiger partial charge in [0.25, 0.3) is 0 Å². The average molecular weight is 313 g/mol. The van der Waals surface area contributed by atoms with E-state index in [0.29, 0.717) is 28.8 Å². The molecule has 0 bridgehead atoms. The number of carbonyl (C=O) groups is 2. The van der Waals surface area contributed by atoms with Gasteiger partial charge in [0.15, 0.2) is 6.29 Å². The molecule has 4 nitrogen and oxygen atoms in total. The van der Waals surface area contributed by atoms with Gasteiger partial charge in [-0.25, -0.2) is 0 Å². The minimum Gasteiger partial charge on any atom is -0.543 e.